The topological polar surface area (TPSA) is 57.7 Å². The van der Waals surface area contributed by atoms with Gasteiger partial charge in [-0.15, -0.1) is 0 Å². The van der Waals surface area contributed by atoms with E-state index in [1.165, 1.54) is 4.90 Å². The van der Waals surface area contributed by atoms with Crippen LogP contribution in [0.4, 0.5) is 11.4 Å². The number of nitrogens with zero attached hydrogens (tertiary/aromatic N) is 2. The smallest absolute Gasteiger partial charge is 0.247 e. The number of amides is 1. The van der Waals surface area contributed by atoms with E-state index in [2.05, 4.69) is 0 Å². The van der Waals surface area contributed by atoms with Crippen LogP contribution in [-0.2, 0) is 14.8 Å². The number of rotatable bonds is 5. The van der Waals surface area contributed by atoms with Gasteiger partial charge in [-0.25, -0.2) is 8.42 Å². The summed E-state index contributed by atoms with van der Waals surface area (Å²) in [6.45, 7) is -0.266. The van der Waals surface area contributed by atoms with Gasteiger partial charge in [-0.1, -0.05) is 54.6 Å². The third-order valence-corrected chi connectivity index (χ3v) is 5.36. The predicted octanol–water partition coefficient (Wildman–Crippen LogP) is 3.27. The standard InChI is InChI=1S/C20H20N2O3S/c1-21(17-11-4-3-5-12-17)20(23)15-22(26(2,24)25)19-14-8-10-16-9-6-7-13-18(16)19/h3-14H,15H2,1-2H3. The minimum atomic E-state index is -3.63. The van der Waals surface area contributed by atoms with Gasteiger partial charge in [-0.05, 0) is 23.6 Å². The molecule has 5 nitrogen and oxygen atoms in total. The zero-order valence-corrected chi connectivity index (χ0v) is 15.5. The van der Waals surface area contributed by atoms with E-state index < -0.39 is 10.0 Å². The van der Waals surface area contributed by atoms with E-state index in [1.54, 1.807) is 31.3 Å². The largest absolute Gasteiger partial charge is 0.314 e. The van der Waals surface area contributed by atoms with E-state index in [4.69, 9.17) is 0 Å². The van der Waals surface area contributed by atoms with E-state index >= 15 is 0 Å². The van der Waals surface area contributed by atoms with Crippen LogP contribution >= 0.6 is 0 Å². The second-order valence-electron chi connectivity index (χ2n) is 6.06. The van der Waals surface area contributed by atoms with E-state index in [0.717, 1.165) is 21.3 Å². The normalized spacial score (nSPS) is 11.3. The Hall–Kier alpha value is -2.86. The molecule has 0 radical (unpaired) electrons. The van der Waals surface area contributed by atoms with Crippen molar-refractivity contribution < 1.29 is 13.2 Å². The van der Waals surface area contributed by atoms with E-state index in [9.17, 15) is 13.2 Å². The first-order valence-corrected chi connectivity index (χ1v) is 10.00. The summed E-state index contributed by atoms with van der Waals surface area (Å²) in [7, 11) is -1.99. The van der Waals surface area contributed by atoms with Crippen LogP contribution in [0.25, 0.3) is 10.8 Å². The van der Waals surface area contributed by atoms with Crippen molar-refractivity contribution in [1.82, 2.24) is 0 Å². The van der Waals surface area contributed by atoms with Crippen molar-refractivity contribution in [3.05, 3.63) is 72.8 Å². The van der Waals surface area contributed by atoms with Gasteiger partial charge < -0.3 is 4.90 Å². The van der Waals surface area contributed by atoms with Crippen LogP contribution in [-0.4, -0.2) is 34.2 Å². The van der Waals surface area contributed by atoms with Gasteiger partial charge in [-0.2, -0.15) is 0 Å². The monoisotopic (exact) mass is 368 g/mol. The van der Waals surface area contributed by atoms with Crippen molar-refractivity contribution in [2.75, 3.05) is 29.1 Å². The maximum Gasteiger partial charge on any atom is 0.247 e. The molecule has 0 fully saturated rings. The zero-order chi connectivity index (χ0) is 18.7. The lowest BCUT2D eigenvalue weighted by molar-refractivity contribution is -0.116. The molecular weight excluding hydrogens is 348 g/mol. The first kappa shape index (κ1) is 17.9. The SMILES string of the molecule is CN(C(=O)CN(c1cccc2ccccc12)S(C)(=O)=O)c1ccccc1. The van der Waals surface area contributed by atoms with Gasteiger partial charge in [0, 0.05) is 18.1 Å². The Labute approximate surface area is 153 Å². The average molecular weight is 368 g/mol. The van der Waals surface area contributed by atoms with Crippen LogP contribution in [0.5, 0.6) is 0 Å². The fraction of sp³-hybridized carbons (Fsp3) is 0.150. The molecule has 6 heteroatoms. The molecule has 0 heterocycles. The maximum absolute atomic E-state index is 12.7. The van der Waals surface area contributed by atoms with Crippen LogP contribution in [0.1, 0.15) is 0 Å². The molecule has 134 valence electrons. The molecule has 0 saturated heterocycles. The summed E-state index contributed by atoms with van der Waals surface area (Å²) in [4.78, 5) is 14.2. The highest BCUT2D eigenvalue weighted by Gasteiger charge is 2.24. The summed E-state index contributed by atoms with van der Waals surface area (Å²) in [6, 6.07) is 22.1. The number of carbonyl (C=O) groups is 1. The molecule has 1 amide bonds. The van der Waals surface area contributed by atoms with Crippen LogP contribution in [0.15, 0.2) is 72.8 Å². The van der Waals surface area contributed by atoms with Crippen molar-refractivity contribution in [2.45, 2.75) is 0 Å². The molecular formula is C20H20N2O3S. The number of likely N-dealkylation sites (N-methyl/N-ethyl adjacent to an activating group) is 1. The highest BCUT2D eigenvalue weighted by molar-refractivity contribution is 7.92. The first-order valence-electron chi connectivity index (χ1n) is 8.15. The van der Waals surface area contributed by atoms with Crippen molar-refractivity contribution in [2.24, 2.45) is 0 Å². The second kappa shape index (κ2) is 7.17. The molecule has 0 unspecified atom stereocenters. The molecule has 3 aromatic carbocycles. The molecule has 3 rings (SSSR count). The van der Waals surface area contributed by atoms with Crippen LogP contribution in [0.3, 0.4) is 0 Å². The Morgan fingerprint density at radius 3 is 2.19 bits per heavy atom. The summed E-state index contributed by atoms with van der Waals surface area (Å²) in [6.07, 6.45) is 1.12. The number of para-hydroxylation sites is 1. The minimum absolute atomic E-state index is 0.266. The molecule has 0 aliphatic heterocycles. The number of hydrogen-bond acceptors (Lipinski definition) is 3. The van der Waals surface area contributed by atoms with Gasteiger partial charge in [0.05, 0.1) is 11.9 Å². The lowest BCUT2D eigenvalue weighted by atomic mass is 10.1. The molecule has 0 bridgehead atoms. The number of fused-ring (bicyclic) bond motifs is 1. The Morgan fingerprint density at radius 2 is 1.50 bits per heavy atom. The average Bonchev–Trinajstić information content (AvgIpc) is 2.65. The van der Waals surface area contributed by atoms with Crippen LogP contribution in [0, 0.1) is 0 Å². The van der Waals surface area contributed by atoms with Crippen molar-refractivity contribution in [3.63, 3.8) is 0 Å². The van der Waals surface area contributed by atoms with Crippen LogP contribution < -0.4 is 9.21 Å². The minimum Gasteiger partial charge on any atom is -0.314 e. The highest BCUT2D eigenvalue weighted by Crippen LogP contribution is 2.28. The Bertz CT molecular complexity index is 1030. The number of sulfonamides is 1. The highest BCUT2D eigenvalue weighted by atomic mass is 32.2. The first-order chi connectivity index (χ1) is 12.4. The molecule has 0 saturated carbocycles. The summed E-state index contributed by atoms with van der Waals surface area (Å²) in [5.41, 5.74) is 1.21. The molecule has 0 aliphatic rings. The summed E-state index contributed by atoms with van der Waals surface area (Å²) < 4.78 is 26.0. The molecule has 0 atom stereocenters. The van der Waals surface area contributed by atoms with Crippen molar-refractivity contribution in [1.29, 1.82) is 0 Å². The Balaban J connectivity index is 1.98. The lowest BCUT2D eigenvalue weighted by Crippen LogP contribution is -2.41. The molecule has 0 spiro atoms. The summed E-state index contributed by atoms with van der Waals surface area (Å²) in [5, 5.41) is 1.71. The number of anilines is 2. The number of hydrogen-bond donors (Lipinski definition) is 0. The fourth-order valence-corrected chi connectivity index (χ4v) is 3.69. The van der Waals surface area contributed by atoms with E-state index in [0.29, 0.717) is 11.4 Å². The van der Waals surface area contributed by atoms with Gasteiger partial charge in [-0.3, -0.25) is 9.10 Å². The van der Waals surface area contributed by atoms with E-state index in [-0.39, 0.29) is 12.5 Å². The van der Waals surface area contributed by atoms with Crippen molar-refractivity contribution >= 4 is 38.1 Å². The van der Waals surface area contributed by atoms with Gasteiger partial charge in [0.25, 0.3) is 0 Å². The number of carbonyl (C=O) groups excluding carboxylic acids is 1. The van der Waals surface area contributed by atoms with Gasteiger partial charge in [0.2, 0.25) is 15.9 Å². The zero-order valence-electron chi connectivity index (χ0n) is 14.7. The van der Waals surface area contributed by atoms with Gasteiger partial charge in [0.15, 0.2) is 0 Å². The predicted molar refractivity (Wildman–Crippen MR) is 106 cm³/mol. The van der Waals surface area contributed by atoms with Gasteiger partial charge >= 0.3 is 0 Å². The lowest BCUT2D eigenvalue weighted by Gasteiger charge is -2.26. The Morgan fingerprint density at radius 1 is 0.885 bits per heavy atom. The summed E-state index contributed by atoms with van der Waals surface area (Å²) >= 11 is 0. The van der Waals surface area contributed by atoms with Gasteiger partial charge in [0.1, 0.15) is 6.54 Å². The molecule has 0 aliphatic carbocycles. The molecule has 3 aromatic rings. The van der Waals surface area contributed by atoms with Crippen molar-refractivity contribution in [3.8, 4) is 0 Å². The number of benzene rings is 3. The third-order valence-electron chi connectivity index (χ3n) is 4.23. The fourth-order valence-electron chi connectivity index (χ4n) is 2.83. The maximum atomic E-state index is 12.7. The second-order valence-corrected chi connectivity index (χ2v) is 7.96. The molecule has 26 heavy (non-hydrogen) atoms. The third kappa shape index (κ3) is 3.70. The quantitative estimate of drug-likeness (QED) is 0.694. The molecule has 0 N–H and O–H groups in total. The Kier molecular flexibility index (Phi) is 4.95. The summed E-state index contributed by atoms with van der Waals surface area (Å²) in [5.74, 6) is -0.311. The van der Waals surface area contributed by atoms with E-state index in [1.807, 2.05) is 48.5 Å². The van der Waals surface area contributed by atoms with Crippen LogP contribution in [0.2, 0.25) is 0 Å². The molecule has 0 aromatic heterocycles.